The normalized spacial score (nSPS) is 11.1. The zero-order valence-corrected chi connectivity index (χ0v) is 13.2. The minimum Gasteiger partial charge on any atom is -0.383 e. The Labute approximate surface area is 120 Å². The van der Waals surface area contributed by atoms with Crippen molar-refractivity contribution >= 4 is 0 Å². The van der Waals surface area contributed by atoms with Crippen LogP contribution in [-0.4, -0.2) is 40.0 Å². The summed E-state index contributed by atoms with van der Waals surface area (Å²) in [6.45, 7) is 6.63. The lowest BCUT2D eigenvalue weighted by Crippen LogP contribution is -2.23. The summed E-state index contributed by atoms with van der Waals surface area (Å²) in [6, 6.07) is 0. The molecule has 0 atom stereocenters. The molecule has 0 fully saturated rings. The molecule has 0 radical (unpaired) electrons. The highest BCUT2D eigenvalue weighted by Gasteiger charge is 1.93. The Balaban J connectivity index is 2.88. The molecule has 0 aliphatic carbocycles. The van der Waals surface area contributed by atoms with Crippen LogP contribution in [0, 0.1) is 0 Å². The molecule has 1 N–H and O–H groups in total. The van der Waals surface area contributed by atoms with Gasteiger partial charge in [-0.3, -0.25) is 0 Å². The van der Waals surface area contributed by atoms with Gasteiger partial charge in [-0.2, -0.15) is 0 Å². The van der Waals surface area contributed by atoms with Gasteiger partial charge in [0.15, 0.2) is 0 Å². The van der Waals surface area contributed by atoms with Crippen LogP contribution in [0.1, 0.15) is 64.7 Å². The van der Waals surface area contributed by atoms with E-state index in [1.165, 1.54) is 57.8 Å². The lowest BCUT2D eigenvalue weighted by molar-refractivity contribution is 0.128. The number of methoxy groups -OCH3 is 1. The number of ether oxygens (including phenoxy) is 2. The quantitative estimate of drug-likeness (QED) is 0.434. The summed E-state index contributed by atoms with van der Waals surface area (Å²) < 4.78 is 10.5. The van der Waals surface area contributed by atoms with Crippen molar-refractivity contribution in [1.82, 2.24) is 5.32 Å². The summed E-state index contributed by atoms with van der Waals surface area (Å²) in [5.74, 6) is 0. The van der Waals surface area contributed by atoms with Crippen LogP contribution in [0.3, 0.4) is 0 Å². The molecule has 0 heterocycles. The van der Waals surface area contributed by atoms with Crippen LogP contribution in [0.25, 0.3) is 0 Å². The van der Waals surface area contributed by atoms with Gasteiger partial charge in [-0.05, 0) is 6.42 Å². The number of hydrogen-bond donors (Lipinski definition) is 1. The molecular weight excluding hydrogens is 238 g/mol. The van der Waals surface area contributed by atoms with Gasteiger partial charge in [-0.25, -0.2) is 0 Å². The zero-order valence-electron chi connectivity index (χ0n) is 13.2. The van der Waals surface area contributed by atoms with Crippen LogP contribution >= 0.6 is 0 Å². The fraction of sp³-hybridized carbons (Fsp3) is 1.00. The van der Waals surface area contributed by atoms with Gasteiger partial charge in [0.05, 0.1) is 13.2 Å². The largest absolute Gasteiger partial charge is 0.383 e. The van der Waals surface area contributed by atoms with E-state index in [0.29, 0.717) is 0 Å². The lowest BCUT2D eigenvalue weighted by Gasteiger charge is -2.06. The molecule has 0 saturated heterocycles. The maximum absolute atomic E-state index is 5.57. The summed E-state index contributed by atoms with van der Waals surface area (Å²) in [5.41, 5.74) is 0. The first-order valence-electron chi connectivity index (χ1n) is 8.19. The molecule has 0 aliphatic heterocycles. The summed E-state index contributed by atoms with van der Waals surface area (Å²) in [6.07, 6.45) is 12.4. The van der Waals surface area contributed by atoms with E-state index in [4.69, 9.17) is 9.47 Å². The first kappa shape index (κ1) is 18.9. The van der Waals surface area contributed by atoms with Crippen molar-refractivity contribution < 1.29 is 9.47 Å². The van der Waals surface area contributed by atoms with Gasteiger partial charge < -0.3 is 14.8 Å². The van der Waals surface area contributed by atoms with Crippen LogP contribution in [-0.2, 0) is 9.47 Å². The molecule has 0 aliphatic rings. The smallest absolute Gasteiger partial charge is 0.0590 e. The van der Waals surface area contributed by atoms with Gasteiger partial charge in [0.2, 0.25) is 0 Å². The van der Waals surface area contributed by atoms with E-state index < -0.39 is 0 Å². The van der Waals surface area contributed by atoms with Gasteiger partial charge in [0.1, 0.15) is 0 Å². The average Bonchev–Trinajstić information content (AvgIpc) is 2.43. The first-order valence-corrected chi connectivity index (χ1v) is 8.19. The maximum atomic E-state index is 5.57. The Morgan fingerprint density at radius 1 is 0.684 bits per heavy atom. The Kier molecular flexibility index (Phi) is 17.8. The van der Waals surface area contributed by atoms with Crippen LogP contribution in [0.2, 0.25) is 0 Å². The molecule has 0 bridgehead atoms. The molecule has 116 valence electrons. The van der Waals surface area contributed by atoms with Crippen LogP contribution in [0.15, 0.2) is 0 Å². The molecule has 0 aromatic rings. The molecule has 0 aromatic carbocycles. The van der Waals surface area contributed by atoms with Gasteiger partial charge in [0, 0.05) is 26.8 Å². The fourth-order valence-electron chi connectivity index (χ4n) is 2.06. The molecule has 0 unspecified atom stereocenters. The Morgan fingerprint density at radius 2 is 1.26 bits per heavy atom. The zero-order chi connectivity index (χ0) is 14.0. The van der Waals surface area contributed by atoms with Gasteiger partial charge >= 0.3 is 0 Å². The Hall–Kier alpha value is -0.120. The van der Waals surface area contributed by atoms with Crippen molar-refractivity contribution in [3.63, 3.8) is 0 Å². The minimum atomic E-state index is 0.776. The van der Waals surface area contributed by atoms with Crippen LogP contribution < -0.4 is 5.32 Å². The van der Waals surface area contributed by atoms with E-state index in [2.05, 4.69) is 12.2 Å². The third-order valence-corrected chi connectivity index (χ3v) is 3.30. The van der Waals surface area contributed by atoms with Crippen LogP contribution in [0.4, 0.5) is 0 Å². The first-order chi connectivity index (χ1) is 9.41. The molecule has 0 amide bonds. The van der Waals surface area contributed by atoms with E-state index in [-0.39, 0.29) is 0 Å². The number of unbranched alkanes of at least 4 members (excludes halogenated alkanes) is 8. The fourth-order valence-corrected chi connectivity index (χ4v) is 2.06. The second kappa shape index (κ2) is 17.9. The van der Waals surface area contributed by atoms with Crippen molar-refractivity contribution in [2.45, 2.75) is 64.7 Å². The van der Waals surface area contributed by atoms with Gasteiger partial charge in [0.25, 0.3) is 0 Å². The number of nitrogens with one attached hydrogen (secondary N) is 1. The molecule has 0 rings (SSSR count). The van der Waals surface area contributed by atoms with Crippen molar-refractivity contribution in [2.24, 2.45) is 0 Å². The second-order valence-electron chi connectivity index (χ2n) is 5.18. The Morgan fingerprint density at radius 3 is 1.89 bits per heavy atom. The van der Waals surface area contributed by atoms with Gasteiger partial charge in [-0.1, -0.05) is 58.3 Å². The summed E-state index contributed by atoms with van der Waals surface area (Å²) in [5, 5.41) is 3.27. The molecule has 0 aromatic heterocycles. The number of rotatable bonds is 16. The van der Waals surface area contributed by atoms with Crippen molar-refractivity contribution in [2.75, 3.05) is 40.0 Å². The van der Waals surface area contributed by atoms with Crippen molar-refractivity contribution in [3.8, 4) is 0 Å². The summed E-state index contributed by atoms with van der Waals surface area (Å²) >= 11 is 0. The van der Waals surface area contributed by atoms with E-state index in [9.17, 15) is 0 Å². The molecule has 0 spiro atoms. The minimum absolute atomic E-state index is 0.776. The predicted molar refractivity (Wildman–Crippen MR) is 82.8 cm³/mol. The molecule has 19 heavy (non-hydrogen) atoms. The average molecular weight is 273 g/mol. The highest BCUT2D eigenvalue weighted by molar-refractivity contribution is 4.48. The SMILES string of the molecule is CCCCCCCCCCCOCCNCCOC. The monoisotopic (exact) mass is 273 g/mol. The van der Waals surface area contributed by atoms with Crippen molar-refractivity contribution in [3.05, 3.63) is 0 Å². The maximum Gasteiger partial charge on any atom is 0.0590 e. The summed E-state index contributed by atoms with van der Waals surface area (Å²) in [7, 11) is 1.72. The van der Waals surface area contributed by atoms with Gasteiger partial charge in [-0.15, -0.1) is 0 Å². The highest BCUT2D eigenvalue weighted by Crippen LogP contribution is 2.09. The molecule has 3 nitrogen and oxygen atoms in total. The molecule has 3 heteroatoms. The highest BCUT2D eigenvalue weighted by atomic mass is 16.5. The Bertz CT molecular complexity index is 138. The standard InChI is InChI=1S/C16H35NO2/c1-3-4-5-6-7-8-9-10-11-14-19-16-13-17-12-15-18-2/h17H,3-16H2,1-2H3. The van der Waals surface area contributed by atoms with Crippen LogP contribution in [0.5, 0.6) is 0 Å². The van der Waals surface area contributed by atoms with E-state index in [0.717, 1.165) is 32.9 Å². The molecule has 0 saturated carbocycles. The topological polar surface area (TPSA) is 30.5 Å². The second-order valence-corrected chi connectivity index (χ2v) is 5.18. The number of hydrogen-bond acceptors (Lipinski definition) is 3. The predicted octanol–water partition coefficient (Wildman–Crippen LogP) is 3.77. The van der Waals surface area contributed by atoms with E-state index in [1.807, 2.05) is 0 Å². The van der Waals surface area contributed by atoms with Crippen molar-refractivity contribution in [1.29, 1.82) is 0 Å². The summed E-state index contributed by atoms with van der Waals surface area (Å²) in [4.78, 5) is 0. The lowest BCUT2D eigenvalue weighted by atomic mass is 10.1. The third-order valence-electron chi connectivity index (χ3n) is 3.30. The molecular formula is C16H35NO2. The van der Waals surface area contributed by atoms with E-state index in [1.54, 1.807) is 7.11 Å². The third kappa shape index (κ3) is 17.9. The van der Waals surface area contributed by atoms with E-state index >= 15 is 0 Å².